The second-order valence-electron chi connectivity index (χ2n) is 2.40. The van der Waals surface area contributed by atoms with E-state index in [1.165, 1.54) is 0 Å². The van der Waals surface area contributed by atoms with Crippen molar-refractivity contribution in [2.45, 2.75) is 6.43 Å². The Bertz CT molecular complexity index is 381. The van der Waals surface area contributed by atoms with E-state index in [4.69, 9.17) is 10.8 Å². The number of hydrogen-bond acceptors (Lipinski definition) is 3. The zero-order chi connectivity index (χ0) is 10.9. The first-order valence-electron chi connectivity index (χ1n) is 3.41. The van der Waals surface area contributed by atoms with Crippen molar-refractivity contribution in [3.8, 4) is 0 Å². The van der Waals surface area contributed by atoms with Crippen LogP contribution in [-0.2, 0) is 0 Å². The van der Waals surface area contributed by atoms with Gasteiger partial charge in [-0.15, -0.1) is 0 Å². The highest BCUT2D eigenvalue weighted by Crippen LogP contribution is 2.25. The van der Waals surface area contributed by atoms with Gasteiger partial charge in [-0.1, -0.05) is 0 Å². The number of nitrogens with two attached hydrogens (primary N) is 1. The van der Waals surface area contributed by atoms with Gasteiger partial charge >= 0.3 is 5.97 Å². The molecule has 1 rings (SSSR count). The lowest BCUT2D eigenvalue weighted by Crippen LogP contribution is -2.10. The molecule has 0 spiro atoms. The van der Waals surface area contributed by atoms with E-state index >= 15 is 0 Å². The van der Waals surface area contributed by atoms with E-state index in [0.717, 1.165) is 0 Å². The number of aromatic carboxylic acids is 1. The minimum absolute atomic E-state index is 0.454. The number of pyridine rings is 1. The first-order chi connectivity index (χ1) is 6.43. The minimum atomic E-state index is -3.24. The number of carboxylic acids is 1. The molecule has 0 aliphatic carbocycles. The van der Waals surface area contributed by atoms with E-state index in [0.29, 0.717) is 6.07 Å². The van der Waals surface area contributed by atoms with Crippen molar-refractivity contribution in [2.24, 2.45) is 0 Å². The summed E-state index contributed by atoms with van der Waals surface area (Å²) in [6.45, 7) is 0. The van der Waals surface area contributed by atoms with Gasteiger partial charge in [0.15, 0.2) is 5.69 Å². The summed E-state index contributed by atoms with van der Waals surface area (Å²) in [6.07, 6.45) is -3.24. The molecule has 0 amide bonds. The Morgan fingerprint density at radius 2 is 2.14 bits per heavy atom. The fraction of sp³-hybridized carbons (Fsp3) is 0.143. The first kappa shape index (κ1) is 10.3. The number of rotatable bonds is 2. The predicted octanol–water partition coefficient (Wildman–Crippen LogP) is 1.44. The van der Waals surface area contributed by atoms with Crippen LogP contribution in [0.5, 0.6) is 0 Å². The van der Waals surface area contributed by atoms with Gasteiger partial charge in [0.25, 0.3) is 6.43 Å². The fourth-order valence-corrected chi connectivity index (χ4v) is 0.913. The van der Waals surface area contributed by atoms with Crippen molar-refractivity contribution >= 4 is 11.8 Å². The molecule has 0 aliphatic rings. The van der Waals surface area contributed by atoms with Crippen LogP contribution in [0, 0.1) is 5.82 Å². The summed E-state index contributed by atoms with van der Waals surface area (Å²) in [7, 11) is 0. The van der Waals surface area contributed by atoms with E-state index in [9.17, 15) is 18.0 Å². The van der Waals surface area contributed by atoms with Crippen LogP contribution in [0.1, 0.15) is 22.5 Å². The van der Waals surface area contributed by atoms with Crippen molar-refractivity contribution in [1.29, 1.82) is 0 Å². The zero-order valence-electron chi connectivity index (χ0n) is 6.67. The third kappa shape index (κ3) is 1.76. The molecule has 0 unspecified atom stereocenters. The van der Waals surface area contributed by atoms with Crippen molar-refractivity contribution in [3.05, 3.63) is 23.1 Å². The fourth-order valence-electron chi connectivity index (χ4n) is 0.913. The molecular weight excluding hydrogens is 201 g/mol. The number of halogens is 3. The molecule has 14 heavy (non-hydrogen) atoms. The summed E-state index contributed by atoms with van der Waals surface area (Å²) in [6, 6.07) is 0.550. The lowest BCUT2D eigenvalue weighted by molar-refractivity contribution is 0.0674. The average molecular weight is 206 g/mol. The summed E-state index contributed by atoms with van der Waals surface area (Å²) < 4.78 is 37.3. The maximum absolute atomic E-state index is 12.9. The monoisotopic (exact) mass is 206 g/mol. The Morgan fingerprint density at radius 3 is 2.57 bits per heavy atom. The van der Waals surface area contributed by atoms with Crippen LogP contribution in [0.2, 0.25) is 0 Å². The Kier molecular flexibility index (Phi) is 2.59. The number of carboxylic acid groups (broad SMARTS) is 1. The molecule has 0 bridgehead atoms. The lowest BCUT2D eigenvalue weighted by atomic mass is 10.2. The molecule has 0 saturated carbocycles. The molecule has 0 aromatic carbocycles. The molecule has 7 heteroatoms. The summed E-state index contributed by atoms with van der Waals surface area (Å²) in [5.74, 6) is -3.57. The normalized spacial score (nSPS) is 10.6. The summed E-state index contributed by atoms with van der Waals surface area (Å²) in [4.78, 5) is 13.5. The Hall–Kier alpha value is -1.79. The Labute approximate surface area is 76.2 Å². The number of aromatic nitrogens is 1. The van der Waals surface area contributed by atoms with Crippen molar-refractivity contribution in [1.82, 2.24) is 4.98 Å². The number of carbonyl (C=O) groups is 1. The highest BCUT2D eigenvalue weighted by Gasteiger charge is 2.24. The van der Waals surface area contributed by atoms with Crippen molar-refractivity contribution < 1.29 is 23.1 Å². The second kappa shape index (κ2) is 3.52. The number of hydrogen-bond donors (Lipinski definition) is 2. The molecule has 4 nitrogen and oxygen atoms in total. The largest absolute Gasteiger partial charge is 0.476 e. The van der Waals surface area contributed by atoms with Gasteiger partial charge in [-0.2, -0.15) is 0 Å². The van der Waals surface area contributed by atoms with Gasteiger partial charge in [-0.25, -0.2) is 22.9 Å². The van der Waals surface area contributed by atoms with Gasteiger partial charge in [-0.3, -0.25) is 0 Å². The lowest BCUT2D eigenvalue weighted by Gasteiger charge is -2.06. The first-order valence-corrected chi connectivity index (χ1v) is 3.41. The molecule has 0 saturated heterocycles. The van der Waals surface area contributed by atoms with Gasteiger partial charge in [-0.05, 0) is 0 Å². The van der Waals surface area contributed by atoms with Gasteiger partial charge in [0.1, 0.15) is 11.6 Å². The molecule has 1 aromatic heterocycles. The van der Waals surface area contributed by atoms with Crippen molar-refractivity contribution in [3.63, 3.8) is 0 Å². The molecular formula is C7H5F3N2O2. The SMILES string of the molecule is Nc1cc(F)c(C(F)F)c(C(=O)O)n1. The molecule has 1 heterocycles. The maximum atomic E-state index is 12.9. The van der Waals surface area contributed by atoms with E-state index in [2.05, 4.69) is 4.98 Å². The number of alkyl halides is 2. The Morgan fingerprint density at radius 1 is 1.57 bits per heavy atom. The molecule has 1 aromatic rings. The van der Waals surface area contributed by atoms with Crippen LogP contribution in [0.15, 0.2) is 6.07 Å². The maximum Gasteiger partial charge on any atom is 0.355 e. The third-order valence-corrected chi connectivity index (χ3v) is 1.45. The number of nitrogens with zero attached hydrogens (tertiary/aromatic N) is 1. The molecule has 76 valence electrons. The topological polar surface area (TPSA) is 76.2 Å². The summed E-state index contributed by atoms with van der Waals surface area (Å²) >= 11 is 0. The smallest absolute Gasteiger partial charge is 0.355 e. The Balaban J connectivity index is 3.44. The van der Waals surface area contributed by atoms with Crippen LogP contribution in [0.4, 0.5) is 19.0 Å². The summed E-state index contributed by atoms with van der Waals surface area (Å²) in [5, 5.41) is 8.45. The minimum Gasteiger partial charge on any atom is -0.476 e. The summed E-state index contributed by atoms with van der Waals surface area (Å²) in [5.41, 5.74) is 2.71. The van der Waals surface area contributed by atoms with E-state index in [1.807, 2.05) is 0 Å². The van der Waals surface area contributed by atoms with Crippen LogP contribution in [-0.4, -0.2) is 16.1 Å². The number of nitrogen functional groups attached to an aromatic ring is 1. The predicted molar refractivity (Wildman–Crippen MR) is 40.5 cm³/mol. The quantitative estimate of drug-likeness (QED) is 0.767. The molecule has 0 atom stereocenters. The van der Waals surface area contributed by atoms with Gasteiger partial charge < -0.3 is 10.8 Å². The van der Waals surface area contributed by atoms with Gasteiger partial charge in [0.2, 0.25) is 0 Å². The van der Waals surface area contributed by atoms with Gasteiger partial charge in [0.05, 0.1) is 5.56 Å². The van der Waals surface area contributed by atoms with Gasteiger partial charge in [0, 0.05) is 6.07 Å². The molecule has 0 aliphatic heterocycles. The second-order valence-corrected chi connectivity index (χ2v) is 2.40. The molecule has 0 fully saturated rings. The van der Waals surface area contributed by atoms with Crippen LogP contribution in [0.3, 0.4) is 0 Å². The van der Waals surface area contributed by atoms with Crippen LogP contribution in [0.25, 0.3) is 0 Å². The average Bonchev–Trinajstić information content (AvgIpc) is 2.01. The molecule has 0 radical (unpaired) electrons. The zero-order valence-corrected chi connectivity index (χ0v) is 6.67. The van der Waals surface area contributed by atoms with E-state index < -0.39 is 35.3 Å². The molecule has 3 N–H and O–H groups in total. The van der Waals surface area contributed by atoms with Crippen LogP contribution < -0.4 is 5.73 Å². The standard InChI is InChI=1S/C7H5F3N2O2/c8-2-1-3(11)12-5(7(13)14)4(2)6(9)10/h1,6H,(H2,11,12)(H,13,14). The van der Waals surface area contributed by atoms with E-state index in [1.54, 1.807) is 0 Å². The highest BCUT2D eigenvalue weighted by atomic mass is 19.3. The van der Waals surface area contributed by atoms with E-state index in [-0.39, 0.29) is 0 Å². The number of anilines is 1. The van der Waals surface area contributed by atoms with Crippen molar-refractivity contribution in [2.75, 3.05) is 5.73 Å². The van der Waals surface area contributed by atoms with Crippen LogP contribution >= 0.6 is 0 Å². The highest BCUT2D eigenvalue weighted by molar-refractivity contribution is 5.87. The third-order valence-electron chi connectivity index (χ3n) is 1.45.